The second kappa shape index (κ2) is 9.04. The van der Waals surface area contributed by atoms with Crippen molar-refractivity contribution in [1.82, 2.24) is 4.90 Å². The minimum atomic E-state index is -4.54. The van der Waals surface area contributed by atoms with Crippen LogP contribution in [-0.2, 0) is 11.0 Å². The molecule has 2 atom stereocenters. The SMILES string of the molecule is C[C@H](c1cccc(C(F)(F)F)c1)N(C(=O)c1ccccc1)C(C(N)=O)c1ccccc1. The molecule has 3 aromatic rings. The fourth-order valence-corrected chi connectivity index (χ4v) is 3.48. The monoisotopic (exact) mass is 426 g/mol. The normalized spacial score (nSPS) is 13.3. The quantitative estimate of drug-likeness (QED) is 0.594. The third-order valence-electron chi connectivity index (χ3n) is 5.03. The molecule has 0 spiro atoms. The van der Waals surface area contributed by atoms with Crippen molar-refractivity contribution >= 4 is 11.8 Å². The average Bonchev–Trinajstić information content (AvgIpc) is 2.77. The lowest BCUT2D eigenvalue weighted by atomic mass is 9.97. The second-order valence-corrected chi connectivity index (χ2v) is 7.09. The summed E-state index contributed by atoms with van der Waals surface area (Å²) in [4.78, 5) is 27.2. The van der Waals surface area contributed by atoms with Crippen LogP contribution in [0, 0.1) is 0 Å². The van der Waals surface area contributed by atoms with Crippen molar-refractivity contribution < 1.29 is 22.8 Å². The molecular weight excluding hydrogens is 405 g/mol. The molecule has 0 aliphatic rings. The van der Waals surface area contributed by atoms with E-state index in [1.807, 2.05) is 0 Å². The zero-order valence-corrected chi connectivity index (χ0v) is 16.7. The van der Waals surface area contributed by atoms with Crippen molar-refractivity contribution in [1.29, 1.82) is 0 Å². The molecule has 0 aromatic heterocycles. The minimum absolute atomic E-state index is 0.237. The van der Waals surface area contributed by atoms with Gasteiger partial charge in [0.15, 0.2) is 0 Å². The summed E-state index contributed by atoms with van der Waals surface area (Å²) in [6, 6.07) is 19.4. The maximum Gasteiger partial charge on any atom is 0.416 e. The Balaban J connectivity index is 2.14. The van der Waals surface area contributed by atoms with Crippen molar-refractivity contribution in [3.05, 3.63) is 107 Å². The van der Waals surface area contributed by atoms with Crippen LogP contribution in [0.1, 0.15) is 46.1 Å². The van der Waals surface area contributed by atoms with Gasteiger partial charge < -0.3 is 10.6 Å². The van der Waals surface area contributed by atoms with E-state index in [2.05, 4.69) is 0 Å². The van der Waals surface area contributed by atoms with Crippen LogP contribution in [0.15, 0.2) is 84.9 Å². The molecule has 0 saturated carbocycles. The molecule has 2 amide bonds. The molecule has 0 aliphatic carbocycles. The van der Waals surface area contributed by atoms with Gasteiger partial charge in [0.25, 0.3) is 5.91 Å². The van der Waals surface area contributed by atoms with E-state index in [0.29, 0.717) is 11.1 Å². The summed E-state index contributed by atoms with van der Waals surface area (Å²) in [5.41, 5.74) is 5.86. The number of nitrogens with zero attached hydrogens (tertiary/aromatic N) is 1. The Hall–Kier alpha value is -3.61. The summed E-state index contributed by atoms with van der Waals surface area (Å²) in [5, 5.41) is 0. The standard InChI is InChI=1S/C24H21F3N2O2/c1-16(19-13-8-14-20(15-19)24(25,26)27)29(23(31)18-11-6-3-7-12-18)21(22(28)30)17-9-4-2-5-10-17/h2-16,21H,1H3,(H2,28,30)/t16-,21?/m1/s1. The lowest BCUT2D eigenvalue weighted by Crippen LogP contribution is -2.43. The largest absolute Gasteiger partial charge is 0.416 e. The first kappa shape index (κ1) is 22.1. The first-order valence-electron chi connectivity index (χ1n) is 9.59. The summed E-state index contributed by atoms with van der Waals surface area (Å²) < 4.78 is 39.8. The van der Waals surface area contributed by atoms with E-state index in [4.69, 9.17) is 5.73 Å². The topological polar surface area (TPSA) is 63.4 Å². The number of alkyl halides is 3. The highest BCUT2D eigenvalue weighted by molar-refractivity contribution is 5.98. The van der Waals surface area contributed by atoms with Gasteiger partial charge in [0, 0.05) is 5.56 Å². The van der Waals surface area contributed by atoms with E-state index < -0.39 is 35.6 Å². The van der Waals surface area contributed by atoms with Crippen LogP contribution >= 0.6 is 0 Å². The fraction of sp³-hybridized carbons (Fsp3) is 0.167. The van der Waals surface area contributed by atoms with Crippen molar-refractivity contribution in [2.45, 2.75) is 25.2 Å². The van der Waals surface area contributed by atoms with Gasteiger partial charge in [0.05, 0.1) is 11.6 Å². The van der Waals surface area contributed by atoms with Gasteiger partial charge >= 0.3 is 6.18 Å². The smallest absolute Gasteiger partial charge is 0.368 e. The number of rotatable bonds is 6. The van der Waals surface area contributed by atoms with E-state index in [0.717, 1.165) is 12.1 Å². The van der Waals surface area contributed by atoms with Gasteiger partial charge in [-0.2, -0.15) is 13.2 Å². The highest BCUT2D eigenvalue weighted by Gasteiger charge is 2.36. The molecule has 3 rings (SSSR count). The zero-order valence-electron chi connectivity index (χ0n) is 16.7. The number of amides is 2. The summed E-state index contributed by atoms with van der Waals surface area (Å²) in [6.07, 6.45) is -4.54. The Morgan fingerprint density at radius 3 is 1.94 bits per heavy atom. The molecular formula is C24H21F3N2O2. The molecule has 0 heterocycles. The van der Waals surface area contributed by atoms with Crippen molar-refractivity contribution in [2.24, 2.45) is 5.73 Å². The predicted molar refractivity (Wildman–Crippen MR) is 111 cm³/mol. The molecule has 0 radical (unpaired) electrons. The lowest BCUT2D eigenvalue weighted by Gasteiger charge is -2.36. The van der Waals surface area contributed by atoms with Crippen molar-refractivity contribution in [2.75, 3.05) is 0 Å². The molecule has 160 valence electrons. The summed E-state index contributed by atoms with van der Waals surface area (Å²) >= 11 is 0. The van der Waals surface area contributed by atoms with E-state index in [1.165, 1.54) is 17.0 Å². The molecule has 2 N–H and O–H groups in total. The number of halogens is 3. The highest BCUT2D eigenvalue weighted by Crippen LogP contribution is 2.35. The van der Waals surface area contributed by atoms with Crippen molar-refractivity contribution in [3.8, 4) is 0 Å². The van der Waals surface area contributed by atoms with Gasteiger partial charge in [-0.1, -0.05) is 60.7 Å². The van der Waals surface area contributed by atoms with Crippen LogP contribution in [0.5, 0.6) is 0 Å². The molecule has 3 aromatic carbocycles. The number of nitrogens with two attached hydrogens (primary N) is 1. The molecule has 0 aliphatic heterocycles. The van der Waals surface area contributed by atoms with E-state index in [1.54, 1.807) is 67.6 Å². The molecule has 0 fully saturated rings. The second-order valence-electron chi connectivity index (χ2n) is 7.09. The van der Waals surface area contributed by atoms with E-state index in [9.17, 15) is 22.8 Å². The van der Waals surface area contributed by atoms with Gasteiger partial charge in [0.1, 0.15) is 6.04 Å². The van der Waals surface area contributed by atoms with Gasteiger partial charge in [-0.3, -0.25) is 9.59 Å². The van der Waals surface area contributed by atoms with Crippen LogP contribution in [0.4, 0.5) is 13.2 Å². The number of hydrogen-bond acceptors (Lipinski definition) is 2. The predicted octanol–water partition coefficient (Wildman–Crippen LogP) is 5.14. The van der Waals surface area contributed by atoms with Gasteiger partial charge in [-0.05, 0) is 42.3 Å². The first-order valence-corrected chi connectivity index (χ1v) is 9.59. The van der Waals surface area contributed by atoms with Gasteiger partial charge in [-0.15, -0.1) is 0 Å². The van der Waals surface area contributed by atoms with Crippen LogP contribution < -0.4 is 5.73 Å². The molecule has 7 heteroatoms. The number of hydrogen-bond donors (Lipinski definition) is 1. The van der Waals surface area contributed by atoms with E-state index in [-0.39, 0.29) is 5.56 Å². The molecule has 31 heavy (non-hydrogen) atoms. The van der Waals surface area contributed by atoms with Crippen LogP contribution in [0.2, 0.25) is 0 Å². The maximum absolute atomic E-state index is 13.5. The Labute approximate surface area is 178 Å². The Morgan fingerprint density at radius 2 is 1.39 bits per heavy atom. The van der Waals surface area contributed by atoms with Gasteiger partial charge in [-0.25, -0.2) is 0 Å². The molecule has 0 saturated heterocycles. The lowest BCUT2D eigenvalue weighted by molar-refractivity contribution is -0.137. The minimum Gasteiger partial charge on any atom is -0.368 e. The van der Waals surface area contributed by atoms with Crippen LogP contribution in [0.25, 0.3) is 0 Å². The fourth-order valence-electron chi connectivity index (χ4n) is 3.48. The average molecular weight is 426 g/mol. The van der Waals surface area contributed by atoms with Crippen LogP contribution in [0.3, 0.4) is 0 Å². The van der Waals surface area contributed by atoms with Gasteiger partial charge in [0.2, 0.25) is 5.91 Å². The number of benzene rings is 3. The summed E-state index contributed by atoms with van der Waals surface area (Å²) in [6.45, 7) is 1.58. The Bertz CT molecular complexity index is 1050. The molecule has 4 nitrogen and oxygen atoms in total. The highest BCUT2D eigenvalue weighted by atomic mass is 19.4. The van der Waals surface area contributed by atoms with E-state index >= 15 is 0 Å². The van der Waals surface area contributed by atoms with Crippen LogP contribution in [-0.4, -0.2) is 16.7 Å². The Morgan fingerprint density at radius 1 is 0.839 bits per heavy atom. The summed E-state index contributed by atoms with van der Waals surface area (Å²) in [5.74, 6) is -1.30. The number of carbonyl (C=O) groups excluding carboxylic acids is 2. The third kappa shape index (κ3) is 4.94. The summed E-state index contributed by atoms with van der Waals surface area (Å²) in [7, 11) is 0. The molecule has 1 unspecified atom stereocenters. The Kier molecular flexibility index (Phi) is 6.44. The molecule has 0 bridgehead atoms. The first-order chi connectivity index (χ1) is 14.7. The van der Waals surface area contributed by atoms with Crippen molar-refractivity contribution in [3.63, 3.8) is 0 Å². The maximum atomic E-state index is 13.5. The third-order valence-corrected chi connectivity index (χ3v) is 5.03. The number of primary amides is 1. The zero-order chi connectivity index (χ0) is 22.6. The number of carbonyl (C=O) groups is 2.